The standard InChI is InChI=1S/C11H14FNO3/c1-13(5-6-14)11(15)8-3-4-9(12)10(7-8)16-2/h3-4,7,14H,5-6H2,1-2H3. The van der Waals surface area contributed by atoms with Crippen molar-refractivity contribution in [2.75, 3.05) is 27.3 Å². The van der Waals surface area contributed by atoms with Gasteiger partial charge in [0, 0.05) is 19.2 Å². The summed E-state index contributed by atoms with van der Waals surface area (Å²) in [5.74, 6) is -0.764. The molecule has 0 aliphatic carbocycles. The van der Waals surface area contributed by atoms with Gasteiger partial charge >= 0.3 is 0 Å². The van der Waals surface area contributed by atoms with Gasteiger partial charge < -0.3 is 14.7 Å². The van der Waals surface area contributed by atoms with Gasteiger partial charge in [-0.25, -0.2) is 4.39 Å². The molecule has 0 heterocycles. The third kappa shape index (κ3) is 2.70. The Kier molecular flexibility index (Phi) is 4.25. The Labute approximate surface area is 93.3 Å². The summed E-state index contributed by atoms with van der Waals surface area (Å²) < 4.78 is 17.9. The van der Waals surface area contributed by atoms with Crippen LogP contribution in [0.1, 0.15) is 10.4 Å². The molecule has 0 bridgehead atoms. The maximum Gasteiger partial charge on any atom is 0.253 e. The summed E-state index contributed by atoms with van der Waals surface area (Å²) in [5.41, 5.74) is 0.328. The van der Waals surface area contributed by atoms with Crippen LogP contribution in [0.2, 0.25) is 0 Å². The molecule has 0 fully saturated rings. The number of halogens is 1. The van der Waals surface area contributed by atoms with E-state index >= 15 is 0 Å². The lowest BCUT2D eigenvalue weighted by atomic mass is 10.2. The lowest BCUT2D eigenvalue weighted by Crippen LogP contribution is -2.29. The zero-order valence-corrected chi connectivity index (χ0v) is 9.24. The number of rotatable bonds is 4. The summed E-state index contributed by atoms with van der Waals surface area (Å²) in [6.07, 6.45) is 0. The molecule has 0 spiro atoms. The molecule has 1 amide bonds. The van der Waals surface area contributed by atoms with Crippen LogP contribution in [0.25, 0.3) is 0 Å². The summed E-state index contributed by atoms with van der Waals surface area (Å²) in [4.78, 5) is 13.1. The Hall–Kier alpha value is -1.62. The molecule has 4 nitrogen and oxygen atoms in total. The van der Waals surface area contributed by atoms with E-state index < -0.39 is 5.82 Å². The summed E-state index contributed by atoms with van der Waals surface area (Å²) in [6.45, 7) is 0.124. The SMILES string of the molecule is COc1cc(C(=O)N(C)CCO)ccc1F. The molecule has 0 aliphatic rings. The van der Waals surface area contributed by atoms with E-state index in [2.05, 4.69) is 0 Å². The minimum Gasteiger partial charge on any atom is -0.494 e. The lowest BCUT2D eigenvalue weighted by Gasteiger charge is -2.16. The predicted molar refractivity (Wildman–Crippen MR) is 57.0 cm³/mol. The highest BCUT2D eigenvalue weighted by atomic mass is 19.1. The normalized spacial score (nSPS) is 10.0. The highest BCUT2D eigenvalue weighted by Crippen LogP contribution is 2.18. The van der Waals surface area contributed by atoms with Crippen molar-refractivity contribution in [3.05, 3.63) is 29.6 Å². The Morgan fingerprint density at radius 3 is 2.81 bits per heavy atom. The molecule has 1 rings (SSSR count). The second kappa shape index (κ2) is 5.46. The summed E-state index contributed by atoms with van der Waals surface area (Å²) in [6, 6.07) is 3.90. The fraction of sp³-hybridized carbons (Fsp3) is 0.364. The van der Waals surface area contributed by atoms with Gasteiger partial charge in [-0.05, 0) is 18.2 Å². The van der Waals surface area contributed by atoms with Crippen molar-refractivity contribution in [1.82, 2.24) is 4.90 Å². The average molecular weight is 227 g/mol. The zero-order valence-electron chi connectivity index (χ0n) is 9.24. The van der Waals surface area contributed by atoms with Crippen molar-refractivity contribution in [2.45, 2.75) is 0 Å². The van der Waals surface area contributed by atoms with Crippen LogP contribution in [-0.2, 0) is 0 Å². The molecule has 0 saturated carbocycles. The highest BCUT2D eigenvalue weighted by Gasteiger charge is 2.13. The maximum atomic E-state index is 13.1. The van der Waals surface area contributed by atoms with E-state index in [1.165, 1.54) is 30.2 Å². The Morgan fingerprint density at radius 2 is 2.25 bits per heavy atom. The maximum absolute atomic E-state index is 13.1. The number of hydrogen-bond acceptors (Lipinski definition) is 3. The van der Waals surface area contributed by atoms with E-state index in [4.69, 9.17) is 9.84 Å². The number of aliphatic hydroxyl groups is 1. The minimum atomic E-state index is -0.510. The lowest BCUT2D eigenvalue weighted by molar-refractivity contribution is 0.0766. The van der Waals surface area contributed by atoms with Gasteiger partial charge in [-0.2, -0.15) is 0 Å². The number of carbonyl (C=O) groups is 1. The van der Waals surface area contributed by atoms with Gasteiger partial charge in [0.25, 0.3) is 5.91 Å². The number of nitrogens with zero attached hydrogens (tertiary/aromatic N) is 1. The Bertz CT molecular complexity index is 381. The van der Waals surface area contributed by atoms with Crippen molar-refractivity contribution in [3.63, 3.8) is 0 Å². The van der Waals surface area contributed by atoms with E-state index in [9.17, 15) is 9.18 Å². The van der Waals surface area contributed by atoms with Gasteiger partial charge in [-0.3, -0.25) is 4.79 Å². The van der Waals surface area contributed by atoms with Crippen molar-refractivity contribution >= 4 is 5.91 Å². The molecule has 5 heteroatoms. The summed E-state index contributed by atoms with van der Waals surface area (Å²) >= 11 is 0. The second-order valence-electron chi connectivity index (χ2n) is 3.30. The van der Waals surface area contributed by atoms with E-state index in [1.54, 1.807) is 7.05 Å². The second-order valence-corrected chi connectivity index (χ2v) is 3.30. The Morgan fingerprint density at radius 1 is 1.56 bits per heavy atom. The summed E-state index contributed by atoms with van der Waals surface area (Å²) in [7, 11) is 2.90. The quantitative estimate of drug-likeness (QED) is 0.831. The van der Waals surface area contributed by atoms with E-state index in [-0.39, 0.29) is 24.8 Å². The number of methoxy groups -OCH3 is 1. The summed E-state index contributed by atoms with van der Waals surface area (Å²) in [5, 5.41) is 8.70. The zero-order chi connectivity index (χ0) is 12.1. The molecule has 0 unspecified atom stereocenters. The van der Waals surface area contributed by atoms with Crippen LogP contribution in [-0.4, -0.2) is 43.2 Å². The number of amides is 1. The molecule has 0 aromatic heterocycles. The number of carbonyl (C=O) groups excluding carboxylic acids is 1. The number of aliphatic hydroxyl groups excluding tert-OH is 1. The minimum absolute atomic E-state index is 0.0308. The molecular formula is C11H14FNO3. The van der Waals surface area contributed by atoms with E-state index in [1.807, 2.05) is 0 Å². The highest BCUT2D eigenvalue weighted by molar-refractivity contribution is 5.94. The van der Waals surface area contributed by atoms with Gasteiger partial charge in [-0.1, -0.05) is 0 Å². The molecular weight excluding hydrogens is 213 g/mol. The van der Waals surface area contributed by atoms with E-state index in [0.29, 0.717) is 5.56 Å². The van der Waals surface area contributed by atoms with Gasteiger partial charge in [0.1, 0.15) is 0 Å². The van der Waals surface area contributed by atoms with Crippen LogP contribution in [0.5, 0.6) is 5.75 Å². The van der Waals surface area contributed by atoms with Crippen molar-refractivity contribution < 1.29 is 19.0 Å². The third-order valence-electron chi connectivity index (χ3n) is 2.18. The number of ether oxygens (including phenoxy) is 1. The number of benzene rings is 1. The number of hydrogen-bond donors (Lipinski definition) is 1. The largest absolute Gasteiger partial charge is 0.494 e. The molecule has 88 valence electrons. The topological polar surface area (TPSA) is 49.8 Å². The fourth-order valence-corrected chi connectivity index (χ4v) is 1.26. The molecule has 0 radical (unpaired) electrons. The first kappa shape index (κ1) is 12.4. The van der Waals surface area contributed by atoms with Gasteiger partial charge in [-0.15, -0.1) is 0 Å². The molecule has 16 heavy (non-hydrogen) atoms. The van der Waals surface area contributed by atoms with Crippen molar-refractivity contribution in [3.8, 4) is 5.75 Å². The van der Waals surface area contributed by atoms with Crippen LogP contribution < -0.4 is 4.74 Å². The predicted octanol–water partition coefficient (Wildman–Crippen LogP) is 0.899. The fourth-order valence-electron chi connectivity index (χ4n) is 1.26. The van der Waals surface area contributed by atoms with Crippen LogP contribution in [0.15, 0.2) is 18.2 Å². The van der Waals surface area contributed by atoms with Crippen LogP contribution in [0, 0.1) is 5.82 Å². The van der Waals surface area contributed by atoms with Crippen LogP contribution in [0.3, 0.4) is 0 Å². The first-order valence-electron chi connectivity index (χ1n) is 4.80. The molecule has 1 aromatic rings. The average Bonchev–Trinajstić information content (AvgIpc) is 2.29. The van der Waals surface area contributed by atoms with Crippen molar-refractivity contribution in [2.24, 2.45) is 0 Å². The molecule has 1 aromatic carbocycles. The Balaban J connectivity index is 2.92. The smallest absolute Gasteiger partial charge is 0.253 e. The van der Waals surface area contributed by atoms with Gasteiger partial charge in [0.2, 0.25) is 0 Å². The third-order valence-corrected chi connectivity index (χ3v) is 2.18. The van der Waals surface area contributed by atoms with E-state index in [0.717, 1.165) is 0 Å². The van der Waals surface area contributed by atoms with Crippen LogP contribution >= 0.6 is 0 Å². The van der Waals surface area contributed by atoms with Gasteiger partial charge in [0.15, 0.2) is 11.6 Å². The van der Waals surface area contributed by atoms with Crippen LogP contribution in [0.4, 0.5) is 4.39 Å². The molecule has 0 aliphatic heterocycles. The molecule has 0 atom stereocenters. The van der Waals surface area contributed by atoms with Crippen molar-refractivity contribution in [1.29, 1.82) is 0 Å². The first-order valence-corrected chi connectivity index (χ1v) is 4.80. The molecule has 0 saturated heterocycles. The molecule has 1 N–H and O–H groups in total. The number of likely N-dealkylation sites (N-methyl/N-ethyl adjacent to an activating group) is 1. The first-order chi connectivity index (χ1) is 7.60. The monoisotopic (exact) mass is 227 g/mol. The van der Waals surface area contributed by atoms with Gasteiger partial charge in [0.05, 0.1) is 13.7 Å².